The highest BCUT2D eigenvalue weighted by Gasteiger charge is 2.45. The number of benzene rings is 2. The summed E-state index contributed by atoms with van der Waals surface area (Å²) >= 11 is 0. The van der Waals surface area contributed by atoms with E-state index in [4.69, 9.17) is 0 Å². The van der Waals surface area contributed by atoms with E-state index >= 15 is 0 Å². The molecule has 0 heterocycles. The second-order valence-electron chi connectivity index (χ2n) is 7.49. The average molecular weight is 311 g/mol. The lowest BCUT2D eigenvalue weighted by molar-refractivity contribution is -0.113. The van der Waals surface area contributed by atoms with Crippen LogP contribution >= 0.6 is 0 Å². The Hall–Kier alpha value is -1.67. The van der Waals surface area contributed by atoms with Crippen molar-refractivity contribution in [2.45, 2.75) is 44.8 Å². The van der Waals surface area contributed by atoms with Gasteiger partial charge in [0.15, 0.2) is 0 Å². The molecule has 2 aromatic carbocycles. The van der Waals surface area contributed by atoms with Crippen LogP contribution in [-0.2, 0) is 4.79 Å². The van der Waals surface area contributed by atoms with E-state index in [1.165, 1.54) is 0 Å². The van der Waals surface area contributed by atoms with Crippen molar-refractivity contribution in [2.24, 2.45) is 0 Å². The van der Waals surface area contributed by atoms with Gasteiger partial charge in [0.05, 0.1) is 5.92 Å². The van der Waals surface area contributed by atoms with Crippen LogP contribution in [-0.4, -0.2) is 13.5 Å². The van der Waals surface area contributed by atoms with Crippen LogP contribution in [0.1, 0.15) is 37.8 Å². The van der Waals surface area contributed by atoms with E-state index in [0.717, 1.165) is 11.1 Å². The Bertz CT molecular complexity index is 584. The molecule has 2 heteroatoms. The highest BCUT2D eigenvalue weighted by Crippen LogP contribution is 2.41. The summed E-state index contributed by atoms with van der Waals surface area (Å²) in [6.45, 7) is 11.0. The summed E-state index contributed by atoms with van der Waals surface area (Å²) in [5.41, 5.74) is 2.20. The maximum atomic E-state index is 13.5. The number of hydrogen-bond donors (Lipinski definition) is 0. The molecule has 0 saturated heterocycles. The zero-order valence-electron chi connectivity index (χ0n) is 14.3. The largest absolute Gasteiger partial charge is 0.304 e. The molecule has 0 aromatic heterocycles. The molecule has 2 rings (SSSR count). The fraction of sp³-hybridized carbons (Fsp3) is 0.350. The van der Waals surface area contributed by atoms with Crippen molar-refractivity contribution in [1.29, 1.82) is 0 Å². The molecule has 0 unspecified atom stereocenters. The Kier molecular flexibility index (Phi) is 4.71. The Labute approximate surface area is 135 Å². The van der Waals surface area contributed by atoms with E-state index in [0.29, 0.717) is 5.41 Å². The Morgan fingerprint density at radius 3 is 1.50 bits per heavy atom. The number of hydrogen-bond acceptors (Lipinski definition) is 1. The van der Waals surface area contributed by atoms with Crippen LogP contribution in [0.5, 0.6) is 0 Å². The minimum absolute atomic E-state index is 0.0475. The summed E-state index contributed by atoms with van der Waals surface area (Å²) in [6.07, 6.45) is 0. The molecule has 0 aliphatic heterocycles. The van der Waals surface area contributed by atoms with Gasteiger partial charge < -0.3 is 4.79 Å². The molecule has 0 radical (unpaired) electrons. The van der Waals surface area contributed by atoms with Crippen LogP contribution in [0.25, 0.3) is 0 Å². The molecule has 0 aliphatic carbocycles. The SMILES string of the molecule is CC(C)(C)[Si](C)(C)C(=O)C(c1ccccc1)c1ccccc1. The van der Waals surface area contributed by atoms with Gasteiger partial charge in [-0.1, -0.05) is 94.5 Å². The number of carbonyl (C=O) groups is 1. The van der Waals surface area contributed by atoms with Crippen LogP contribution in [0.2, 0.25) is 18.1 Å². The minimum Gasteiger partial charge on any atom is -0.304 e. The van der Waals surface area contributed by atoms with E-state index in [1.807, 2.05) is 36.4 Å². The summed E-state index contributed by atoms with van der Waals surface area (Å²) in [6, 6.07) is 20.4. The molecule has 0 spiro atoms. The van der Waals surface area contributed by atoms with Gasteiger partial charge in [-0.05, 0) is 16.2 Å². The third kappa shape index (κ3) is 3.22. The summed E-state index contributed by atoms with van der Waals surface area (Å²) in [5.74, 6) is -0.150. The summed E-state index contributed by atoms with van der Waals surface area (Å²) in [4.78, 5) is 13.5. The van der Waals surface area contributed by atoms with Gasteiger partial charge in [-0.15, -0.1) is 0 Å². The van der Waals surface area contributed by atoms with Crippen molar-refractivity contribution in [2.75, 3.05) is 0 Å². The van der Waals surface area contributed by atoms with Crippen molar-refractivity contribution in [3.8, 4) is 0 Å². The highest BCUT2D eigenvalue weighted by atomic mass is 28.3. The quantitative estimate of drug-likeness (QED) is 0.688. The van der Waals surface area contributed by atoms with Crippen molar-refractivity contribution in [3.63, 3.8) is 0 Å². The normalized spacial score (nSPS) is 12.5. The van der Waals surface area contributed by atoms with E-state index in [9.17, 15) is 4.79 Å². The second kappa shape index (κ2) is 6.21. The van der Waals surface area contributed by atoms with Crippen molar-refractivity contribution >= 4 is 13.5 Å². The zero-order chi connectivity index (χ0) is 16.4. The highest BCUT2D eigenvalue weighted by molar-refractivity contribution is 7.06. The van der Waals surface area contributed by atoms with Crippen LogP contribution in [0, 0.1) is 0 Å². The first-order valence-corrected chi connectivity index (χ1v) is 10.9. The van der Waals surface area contributed by atoms with Crippen LogP contribution in [0.3, 0.4) is 0 Å². The third-order valence-electron chi connectivity index (χ3n) is 5.02. The van der Waals surface area contributed by atoms with Gasteiger partial charge in [0.2, 0.25) is 0 Å². The Morgan fingerprint density at radius 1 is 0.818 bits per heavy atom. The molecule has 0 fully saturated rings. The van der Waals surface area contributed by atoms with Gasteiger partial charge in [-0.25, -0.2) is 0 Å². The minimum atomic E-state index is -2.08. The average Bonchev–Trinajstić information content (AvgIpc) is 2.48. The predicted molar refractivity (Wildman–Crippen MR) is 96.9 cm³/mol. The summed E-state index contributed by atoms with van der Waals surface area (Å²) < 4.78 is 0. The van der Waals surface area contributed by atoms with Gasteiger partial charge in [-0.2, -0.15) is 0 Å². The monoisotopic (exact) mass is 310 g/mol. The molecule has 0 atom stereocenters. The van der Waals surface area contributed by atoms with E-state index < -0.39 is 8.07 Å². The molecular weight excluding hydrogens is 284 g/mol. The molecule has 0 N–H and O–H groups in total. The lowest BCUT2D eigenvalue weighted by Crippen LogP contribution is -2.48. The third-order valence-corrected chi connectivity index (χ3v) is 10.3. The predicted octanol–water partition coefficient (Wildman–Crippen LogP) is 5.44. The first-order valence-electron chi connectivity index (χ1n) is 7.89. The lowest BCUT2D eigenvalue weighted by Gasteiger charge is -2.38. The molecular formula is C20H26OSi. The van der Waals surface area contributed by atoms with Crippen molar-refractivity contribution in [3.05, 3.63) is 71.8 Å². The topological polar surface area (TPSA) is 17.1 Å². The fourth-order valence-electron chi connectivity index (χ4n) is 2.52. The molecule has 2 aromatic rings. The maximum absolute atomic E-state index is 13.5. The maximum Gasteiger partial charge on any atom is 0.133 e. The van der Waals surface area contributed by atoms with Gasteiger partial charge in [0.25, 0.3) is 0 Å². The van der Waals surface area contributed by atoms with Crippen LogP contribution in [0.15, 0.2) is 60.7 Å². The second-order valence-corrected chi connectivity index (χ2v) is 12.7. The summed E-state index contributed by atoms with van der Waals surface area (Å²) in [5, 5.41) is 0.462. The van der Waals surface area contributed by atoms with Crippen LogP contribution < -0.4 is 0 Å². The molecule has 22 heavy (non-hydrogen) atoms. The van der Waals surface area contributed by atoms with Gasteiger partial charge in [0, 0.05) is 0 Å². The standard InChI is InChI=1S/C20H26OSi/c1-20(2,3)22(4,5)19(21)18(16-12-8-6-9-13-16)17-14-10-7-11-15-17/h6-15,18H,1-5H3. The lowest BCUT2D eigenvalue weighted by atomic mass is 9.92. The Morgan fingerprint density at radius 2 is 1.18 bits per heavy atom. The van der Waals surface area contributed by atoms with Crippen molar-refractivity contribution < 1.29 is 4.79 Å². The van der Waals surface area contributed by atoms with Gasteiger partial charge >= 0.3 is 0 Å². The Balaban J connectivity index is 2.54. The van der Waals surface area contributed by atoms with Gasteiger partial charge in [-0.3, -0.25) is 0 Å². The molecule has 0 aliphatic rings. The van der Waals surface area contributed by atoms with E-state index in [-0.39, 0.29) is 11.0 Å². The van der Waals surface area contributed by atoms with E-state index in [1.54, 1.807) is 0 Å². The zero-order valence-corrected chi connectivity index (χ0v) is 15.3. The summed E-state index contributed by atoms with van der Waals surface area (Å²) in [7, 11) is -2.08. The number of carbonyl (C=O) groups excluding carboxylic acids is 1. The molecule has 1 nitrogen and oxygen atoms in total. The first kappa shape index (κ1) is 16.7. The smallest absolute Gasteiger partial charge is 0.133 e. The molecule has 0 bridgehead atoms. The van der Waals surface area contributed by atoms with Gasteiger partial charge in [0.1, 0.15) is 13.5 Å². The van der Waals surface area contributed by atoms with Crippen LogP contribution in [0.4, 0.5) is 0 Å². The van der Waals surface area contributed by atoms with E-state index in [2.05, 4.69) is 58.1 Å². The molecule has 116 valence electrons. The first-order chi connectivity index (χ1) is 10.2. The van der Waals surface area contributed by atoms with Crippen molar-refractivity contribution in [1.82, 2.24) is 0 Å². The number of rotatable bonds is 4. The fourth-order valence-corrected chi connectivity index (χ4v) is 4.31. The molecule has 0 amide bonds. The molecule has 0 saturated carbocycles.